The molecule has 0 bridgehead atoms. The van der Waals surface area contributed by atoms with Gasteiger partial charge in [0.05, 0.1) is 18.4 Å². The number of esters is 1. The normalized spacial score (nSPS) is 10.3. The lowest BCUT2D eigenvalue weighted by atomic mass is 10.3. The summed E-state index contributed by atoms with van der Waals surface area (Å²) in [5, 5.41) is 4.33. The molecule has 0 atom stereocenters. The molecule has 0 radical (unpaired) electrons. The summed E-state index contributed by atoms with van der Waals surface area (Å²) in [6.45, 7) is 2.07. The van der Waals surface area contributed by atoms with Crippen molar-refractivity contribution >= 4 is 23.4 Å². The lowest BCUT2D eigenvalue weighted by molar-refractivity contribution is 0.0526. The zero-order chi connectivity index (χ0) is 13.1. The van der Waals surface area contributed by atoms with Crippen LogP contribution in [0.2, 0.25) is 5.02 Å². The molecular formula is C11H11ClN4O2. The Bertz CT molecular complexity index is 545. The number of nitrogens with zero attached hydrogens (tertiary/aromatic N) is 3. The van der Waals surface area contributed by atoms with Crippen LogP contribution in [-0.2, 0) is 4.74 Å². The third-order valence-electron chi connectivity index (χ3n) is 2.19. The Morgan fingerprint density at radius 3 is 2.83 bits per heavy atom. The number of rotatable bonds is 3. The van der Waals surface area contributed by atoms with Gasteiger partial charge in [0, 0.05) is 6.20 Å². The predicted octanol–water partition coefficient (Wildman–Crippen LogP) is 1.68. The molecule has 2 rings (SSSR count). The predicted molar refractivity (Wildman–Crippen MR) is 66.7 cm³/mol. The third kappa shape index (κ3) is 2.43. The first-order valence-corrected chi connectivity index (χ1v) is 5.63. The second-order valence-electron chi connectivity index (χ2n) is 3.43. The number of halogens is 1. The van der Waals surface area contributed by atoms with E-state index in [9.17, 15) is 4.79 Å². The Hall–Kier alpha value is -2.08. The van der Waals surface area contributed by atoms with Crippen LogP contribution in [-0.4, -0.2) is 27.3 Å². The highest BCUT2D eigenvalue weighted by Gasteiger charge is 2.09. The molecular weight excluding hydrogens is 256 g/mol. The second-order valence-corrected chi connectivity index (χ2v) is 3.84. The number of carbonyl (C=O) groups is 1. The van der Waals surface area contributed by atoms with Crippen molar-refractivity contribution < 1.29 is 9.53 Å². The zero-order valence-corrected chi connectivity index (χ0v) is 10.4. The molecule has 94 valence electrons. The van der Waals surface area contributed by atoms with Crippen molar-refractivity contribution in [2.45, 2.75) is 6.92 Å². The fraction of sp³-hybridized carbons (Fsp3) is 0.182. The average molecular weight is 267 g/mol. The summed E-state index contributed by atoms with van der Waals surface area (Å²) in [5.41, 5.74) is 5.91. The van der Waals surface area contributed by atoms with E-state index in [1.807, 2.05) is 0 Å². The van der Waals surface area contributed by atoms with Crippen LogP contribution in [0.3, 0.4) is 0 Å². The number of anilines is 1. The van der Waals surface area contributed by atoms with Gasteiger partial charge in [-0.05, 0) is 19.1 Å². The fourth-order valence-electron chi connectivity index (χ4n) is 1.34. The molecule has 2 N–H and O–H groups in total. The van der Waals surface area contributed by atoms with E-state index >= 15 is 0 Å². The topological polar surface area (TPSA) is 83.0 Å². The maximum atomic E-state index is 11.4. The first kappa shape index (κ1) is 12.4. The van der Waals surface area contributed by atoms with Gasteiger partial charge < -0.3 is 10.5 Å². The molecule has 18 heavy (non-hydrogen) atoms. The van der Waals surface area contributed by atoms with Gasteiger partial charge in [-0.1, -0.05) is 11.6 Å². The zero-order valence-electron chi connectivity index (χ0n) is 9.63. The van der Waals surface area contributed by atoms with E-state index in [1.165, 1.54) is 10.9 Å². The average Bonchev–Trinajstić information content (AvgIpc) is 2.70. The van der Waals surface area contributed by atoms with Crippen molar-refractivity contribution in [2.75, 3.05) is 12.3 Å². The van der Waals surface area contributed by atoms with Crippen LogP contribution in [0.4, 0.5) is 5.82 Å². The molecule has 0 unspecified atom stereocenters. The van der Waals surface area contributed by atoms with E-state index < -0.39 is 5.97 Å². The minimum Gasteiger partial charge on any atom is -0.462 e. The van der Waals surface area contributed by atoms with Crippen molar-refractivity contribution in [3.8, 4) is 5.82 Å². The van der Waals surface area contributed by atoms with Gasteiger partial charge in [0.15, 0.2) is 11.6 Å². The highest BCUT2D eigenvalue weighted by Crippen LogP contribution is 2.17. The highest BCUT2D eigenvalue weighted by atomic mass is 35.5. The summed E-state index contributed by atoms with van der Waals surface area (Å²) in [6, 6.07) is 3.24. The summed E-state index contributed by atoms with van der Waals surface area (Å²) in [6.07, 6.45) is 2.96. The quantitative estimate of drug-likeness (QED) is 0.855. The van der Waals surface area contributed by atoms with Gasteiger partial charge in [-0.3, -0.25) is 0 Å². The van der Waals surface area contributed by atoms with E-state index in [2.05, 4.69) is 10.1 Å². The summed E-state index contributed by atoms with van der Waals surface area (Å²) >= 11 is 5.79. The van der Waals surface area contributed by atoms with Gasteiger partial charge in [0.1, 0.15) is 5.02 Å². The van der Waals surface area contributed by atoms with E-state index in [0.29, 0.717) is 23.0 Å². The number of pyridine rings is 1. The molecule has 6 nitrogen and oxygen atoms in total. The minimum absolute atomic E-state index is 0.230. The SMILES string of the molecule is CCOC(=O)c1ccc(-n2cc(Cl)c(N)n2)nc1. The Balaban J connectivity index is 2.24. The van der Waals surface area contributed by atoms with Gasteiger partial charge in [0.25, 0.3) is 0 Å². The molecule has 2 aromatic heterocycles. The van der Waals surface area contributed by atoms with Crippen LogP contribution < -0.4 is 5.73 Å². The number of aromatic nitrogens is 3. The molecule has 0 saturated carbocycles. The largest absolute Gasteiger partial charge is 0.462 e. The standard InChI is InChI=1S/C11H11ClN4O2/c1-2-18-11(17)7-3-4-9(14-5-7)16-6-8(12)10(13)15-16/h3-6H,2H2,1H3,(H2,13,15). The first-order chi connectivity index (χ1) is 8.61. The van der Waals surface area contributed by atoms with Crippen LogP contribution in [0, 0.1) is 0 Å². The summed E-state index contributed by atoms with van der Waals surface area (Å²) < 4.78 is 6.29. The van der Waals surface area contributed by atoms with Crippen LogP contribution in [0.5, 0.6) is 0 Å². The molecule has 0 aliphatic heterocycles. The number of carbonyl (C=O) groups excluding carboxylic acids is 1. The van der Waals surface area contributed by atoms with Gasteiger partial charge >= 0.3 is 5.97 Å². The molecule has 2 heterocycles. The number of ether oxygens (including phenoxy) is 1. The lowest BCUT2D eigenvalue weighted by Gasteiger charge is -2.03. The molecule has 0 amide bonds. The Morgan fingerprint density at radius 1 is 1.56 bits per heavy atom. The van der Waals surface area contributed by atoms with Gasteiger partial charge in [-0.15, -0.1) is 5.10 Å². The van der Waals surface area contributed by atoms with E-state index in [1.54, 1.807) is 25.3 Å². The Kier molecular flexibility index (Phi) is 3.47. The van der Waals surface area contributed by atoms with Crippen molar-refractivity contribution in [1.82, 2.24) is 14.8 Å². The summed E-state index contributed by atoms with van der Waals surface area (Å²) in [5.74, 6) is 0.337. The number of nitrogen functional groups attached to an aromatic ring is 1. The van der Waals surface area contributed by atoms with Gasteiger partial charge in [-0.25, -0.2) is 14.5 Å². The minimum atomic E-state index is -0.408. The molecule has 0 saturated heterocycles. The highest BCUT2D eigenvalue weighted by molar-refractivity contribution is 6.32. The number of hydrogen-bond acceptors (Lipinski definition) is 5. The van der Waals surface area contributed by atoms with Crippen molar-refractivity contribution in [2.24, 2.45) is 0 Å². The maximum absolute atomic E-state index is 11.4. The van der Waals surface area contributed by atoms with E-state index in [0.717, 1.165) is 0 Å². The molecule has 0 spiro atoms. The summed E-state index contributed by atoms with van der Waals surface area (Å²) in [7, 11) is 0. The van der Waals surface area contributed by atoms with E-state index in [-0.39, 0.29) is 5.82 Å². The Labute approximate surface area is 108 Å². The van der Waals surface area contributed by atoms with Crippen LogP contribution in [0.1, 0.15) is 17.3 Å². The van der Waals surface area contributed by atoms with Crippen LogP contribution in [0.25, 0.3) is 5.82 Å². The molecule has 0 fully saturated rings. The smallest absolute Gasteiger partial charge is 0.339 e. The van der Waals surface area contributed by atoms with E-state index in [4.69, 9.17) is 22.1 Å². The van der Waals surface area contributed by atoms with Gasteiger partial charge in [0.2, 0.25) is 0 Å². The van der Waals surface area contributed by atoms with Crippen LogP contribution in [0.15, 0.2) is 24.5 Å². The van der Waals surface area contributed by atoms with Crippen LogP contribution >= 0.6 is 11.6 Å². The van der Waals surface area contributed by atoms with Crippen molar-refractivity contribution in [1.29, 1.82) is 0 Å². The molecule has 0 aliphatic rings. The van der Waals surface area contributed by atoms with Crippen molar-refractivity contribution in [3.63, 3.8) is 0 Å². The maximum Gasteiger partial charge on any atom is 0.339 e. The molecule has 2 aromatic rings. The third-order valence-corrected chi connectivity index (χ3v) is 2.48. The van der Waals surface area contributed by atoms with Crippen molar-refractivity contribution in [3.05, 3.63) is 35.1 Å². The molecule has 0 aliphatic carbocycles. The number of hydrogen-bond donors (Lipinski definition) is 1. The first-order valence-electron chi connectivity index (χ1n) is 5.26. The number of nitrogens with two attached hydrogens (primary N) is 1. The molecule has 7 heteroatoms. The molecule has 0 aromatic carbocycles. The fourth-order valence-corrected chi connectivity index (χ4v) is 1.47. The summed E-state index contributed by atoms with van der Waals surface area (Å²) in [4.78, 5) is 15.5. The van der Waals surface area contributed by atoms with Gasteiger partial charge in [-0.2, -0.15) is 0 Å². The lowest BCUT2D eigenvalue weighted by Crippen LogP contribution is -2.06. The second kappa shape index (κ2) is 5.05. The Morgan fingerprint density at radius 2 is 2.33 bits per heavy atom. The monoisotopic (exact) mass is 266 g/mol.